The Morgan fingerprint density at radius 3 is 2.33 bits per heavy atom. The highest BCUT2D eigenvalue weighted by atomic mass is 19.1. The fourth-order valence-corrected chi connectivity index (χ4v) is 3.48. The maximum Gasteiger partial charge on any atom is 0.335 e. The molecule has 36 heavy (non-hydrogen) atoms. The first-order valence-electron chi connectivity index (χ1n) is 11.8. The third-order valence-electron chi connectivity index (χ3n) is 5.67. The van der Waals surface area contributed by atoms with E-state index in [-0.39, 0.29) is 5.57 Å². The number of aliphatic carboxylic acids is 1. The van der Waals surface area contributed by atoms with Crippen LogP contribution in [0.4, 0.5) is 4.39 Å². The minimum Gasteiger partial charge on any atom is -0.478 e. The fraction of sp³-hybridized carbons (Fsp3) is 0.379. The van der Waals surface area contributed by atoms with Gasteiger partial charge in [0.2, 0.25) is 0 Å². The van der Waals surface area contributed by atoms with Crippen LogP contribution in [-0.2, 0) is 14.3 Å². The second kappa shape index (κ2) is 18.8. The first kappa shape index (κ1) is 32.5. The lowest BCUT2D eigenvalue weighted by Crippen LogP contribution is -2.51. The molecule has 0 aliphatic carbocycles. The van der Waals surface area contributed by atoms with Gasteiger partial charge in [0, 0.05) is 45.2 Å². The van der Waals surface area contributed by atoms with Crippen molar-refractivity contribution in [1.82, 2.24) is 9.80 Å². The Hall–Kier alpha value is -3.45. The first-order valence-corrected chi connectivity index (χ1v) is 11.8. The van der Waals surface area contributed by atoms with Gasteiger partial charge in [-0.15, -0.1) is 6.58 Å². The molecular weight excluding hydrogens is 459 g/mol. The molecule has 1 fully saturated rings. The summed E-state index contributed by atoms with van der Waals surface area (Å²) < 4.78 is 16.1. The van der Waals surface area contributed by atoms with E-state index >= 15 is 0 Å². The molecule has 0 atom stereocenters. The van der Waals surface area contributed by atoms with Crippen LogP contribution in [-0.4, -0.2) is 66.2 Å². The van der Waals surface area contributed by atoms with Crippen LogP contribution in [0.5, 0.6) is 0 Å². The number of halogens is 1. The molecule has 1 saturated heterocycles. The molecule has 1 aliphatic heterocycles. The molecule has 0 aromatic heterocycles. The van der Waals surface area contributed by atoms with Gasteiger partial charge in [-0.05, 0) is 38.0 Å². The van der Waals surface area contributed by atoms with E-state index in [1.807, 2.05) is 36.3 Å². The van der Waals surface area contributed by atoms with Crippen LogP contribution in [0.3, 0.4) is 0 Å². The van der Waals surface area contributed by atoms with Crippen molar-refractivity contribution in [1.29, 1.82) is 0 Å². The van der Waals surface area contributed by atoms with Crippen molar-refractivity contribution in [3.63, 3.8) is 0 Å². The van der Waals surface area contributed by atoms with Crippen LogP contribution >= 0.6 is 0 Å². The summed E-state index contributed by atoms with van der Waals surface area (Å²) in [5, 5.41) is 9.12. The topological polar surface area (TPSA) is 70.1 Å². The second-order valence-corrected chi connectivity index (χ2v) is 8.25. The van der Waals surface area contributed by atoms with Crippen LogP contribution in [0.1, 0.15) is 33.1 Å². The van der Waals surface area contributed by atoms with Gasteiger partial charge in [0.1, 0.15) is 5.60 Å². The van der Waals surface area contributed by atoms with Crippen LogP contribution < -0.4 is 0 Å². The molecule has 0 saturated carbocycles. The lowest BCUT2D eigenvalue weighted by molar-refractivity contribution is -0.150. The van der Waals surface area contributed by atoms with Gasteiger partial charge in [-0.1, -0.05) is 55.7 Å². The molecule has 1 N–H and O–H groups in total. The predicted octanol–water partition coefficient (Wildman–Crippen LogP) is 5.76. The molecule has 0 aromatic carbocycles. The maximum atomic E-state index is 11.2. The van der Waals surface area contributed by atoms with Crippen molar-refractivity contribution in [2.24, 2.45) is 0 Å². The largest absolute Gasteiger partial charge is 0.478 e. The summed E-state index contributed by atoms with van der Waals surface area (Å²) in [5.41, 5.74) is 1.37. The van der Waals surface area contributed by atoms with Crippen molar-refractivity contribution >= 4 is 12.4 Å². The molecule has 1 rings (SSSR count). The van der Waals surface area contributed by atoms with Crippen molar-refractivity contribution in [3.8, 4) is 0 Å². The van der Waals surface area contributed by atoms with Crippen LogP contribution in [0.2, 0.25) is 0 Å². The number of carbonyl (C=O) groups excluding carboxylic acids is 1. The standard InChI is InChI=1S/C26H36N2O4.C3H5F/c1-6-11-23(7-2)12-9-10-17-28-18-15-26(16-19-28,32-21-29)20-27(5)22(4)13-14-24(8-3)25(30)31;1-2-3-4/h6-10,12-14,21H,1-2,4,11,15-20H2,3,5H3,(H,30,31);2-3H,1H3/b10-9+,14-13-,23-12+,24-8+;3-2+. The van der Waals surface area contributed by atoms with Gasteiger partial charge in [0.25, 0.3) is 6.47 Å². The van der Waals surface area contributed by atoms with Crippen molar-refractivity contribution in [3.05, 3.63) is 97.6 Å². The summed E-state index contributed by atoms with van der Waals surface area (Å²) in [5.74, 6) is -0.988. The average molecular weight is 501 g/mol. The smallest absolute Gasteiger partial charge is 0.335 e. The summed E-state index contributed by atoms with van der Waals surface area (Å²) in [6.07, 6.45) is 18.6. The summed E-state index contributed by atoms with van der Waals surface area (Å²) in [6, 6.07) is 0. The lowest BCUT2D eigenvalue weighted by Gasteiger charge is -2.42. The zero-order valence-corrected chi connectivity index (χ0v) is 21.9. The predicted molar refractivity (Wildman–Crippen MR) is 146 cm³/mol. The molecule has 0 amide bonds. The van der Waals surface area contributed by atoms with E-state index in [4.69, 9.17) is 9.84 Å². The number of likely N-dealkylation sites (N-methyl/N-ethyl adjacent to an activating group) is 1. The van der Waals surface area contributed by atoms with E-state index in [0.29, 0.717) is 37.9 Å². The number of allylic oxidation sites excluding steroid dienone is 8. The van der Waals surface area contributed by atoms with E-state index in [2.05, 4.69) is 30.7 Å². The molecule has 1 aliphatic rings. The van der Waals surface area contributed by atoms with Gasteiger partial charge in [-0.2, -0.15) is 0 Å². The molecule has 7 heteroatoms. The Balaban J connectivity index is 0.00000283. The molecular formula is C29H41FN2O4. The third kappa shape index (κ3) is 12.9. The van der Waals surface area contributed by atoms with E-state index < -0.39 is 11.6 Å². The normalized spacial score (nSPS) is 16.4. The highest BCUT2D eigenvalue weighted by Gasteiger charge is 2.37. The Morgan fingerprint density at radius 1 is 1.22 bits per heavy atom. The zero-order valence-electron chi connectivity index (χ0n) is 21.9. The number of hydrogen-bond acceptors (Lipinski definition) is 5. The number of piperidine rings is 1. The highest BCUT2D eigenvalue weighted by molar-refractivity contribution is 5.89. The molecule has 0 radical (unpaired) electrons. The van der Waals surface area contributed by atoms with E-state index in [9.17, 15) is 14.0 Å². The van der Waals surface area contributed by atoms with Gasteiger partial charge in [-0.3, -0.25) is 9.69 Å². The summed E-state index contributed by atoms with van der Waals surface area (Å²) in [7, 11) is 1.86. The van der Waals surface area contributed by atoms with E-state index in [1.54, 1.807) is 19.9 Å². The number of likely N-dealkylation sites (tertiary alicyclic amines) is 1. The third-order valence-corrected chi connectivity index (χ3v) is 5.67. The number of carboxylic acid groups (broad SMARTS) is 1. The molecule has 0 aromatic rings. The number of rotatable bonds is 14. The van der Waals surface area contributed by atoms with Gasteiger partial charge in [0.05, 0.1) is 18.4 Å². The Morgan fingerprint density at radius 2 is 1.86 bits per heavy atom. The number of carbonyl (C=O) groups is 2. The Bertz CT molecular complexity index is 872. The summed E-state index contributed by atoms with van der Waals surface area (Å²) in [6.45, 7) is 18.3. The first-order chi connectivity index (χ1) is 17.2. The van der Waals surface area contributed by atoms with Crippen LogP contribution in [0, 0.1) is 0 Å². The van der Waals surface area contributed by atoms with Crippen LogP contribution in [0.25, 0.3) is 0 Å². The quantitative estimate of drug-likeness (QED) is 0.142. The number of hydrogen-bond donors (Lipinski definition) is 1. The molecule has 6 nitrogen and oxygen atoms in total. The van der Waals surface area contributed by atoms with Crippen LogP contribution in [0.15, 0.2) is 97.6 Å². The molecule has 0 unspecified atom stereocenters. The maximum absolute atomic E-state index is 11.2. The fourth-order valence-electron chi connectivity index (χ4n) is 3.48. The van der Waals surface area contributed by atoms with E-state index in [1.165, 1.54) is 18.2 Å². The monoisotopic (exact) mass is 500 g/mol. The number of ether oxygens (including phenoxy) is 1. The minimum atomic E-state index is -0.988. The molecule has 0 bridgehead atoms. The van der Waals surface area contributed by atoms with E-state index in [0.717, 1.165) is 31.6 Å². The molecule has 198 valence electrons. The van der Waals surface area contributed by atoms with Crippen molar-refractivity contribution in [2.75, 3.05) is 33.2 Å². The lowest BCUT2D eigenvalue weighted by atomic mass is 9.90. The number of nitrogens with zero attached hydrogens (tertiary/aromatic N) is 2. The summed E-state index contributed by atoms with van der Waals surface area (Å²) >= 11 is 0. The Kier molecular flexibility index (Phi) is 17.0. The molecule has 0 spiro atoms. The summed E-state index contributed by atoms with van der Waals surface area (Å²) in [4.78, 5) is 26.5. The minimum absolute atomic E-state index is 0.194. The Labute approximate surface area is 215 Å². The average Bonchev–Trinajstić information content (AvgIpc) is 2.87. The molecule has 1 heterocycles. The second-order valence-electron chi connectivity index (χ2n) is 8.25. The SMILES string of the molecule is C/C=C/F.C=CC/C(C=C)=C/C=C/CN1CCC(CN(C)C(=C)/C=C\C(=C/C)C(=O)O)(OC=O)CC1. The van der Waals surface area contributed by atoms with Crippen molar-refractivity contribution < 1.29 is 23.8 Å². The van der Waals surface area contributed by atoms with Gasteiger partial charge in [0.15, 0.2) is 0 Å². The highest BCUT2D eigenvalue weighted by Crippen LogP contribution is 2.28. The van der Waals surface area contributed by atoms with Gasteiger partial charge >= 0.3 is 5.97 Å². The zero-order chi connectivity index (χ0) is 27.4. The van der Waals surface area contributed by atoms with Crippen molar-refractivity contribution in [2.45, 2.75) is 38.7 Å². The van der Waals surface area contributed by atoms with Gasteiger partial charge in [-0.25, -0.2) is 9.18 Å². The number of carboxylic acids is 1. The van der Waals surface area contributed by atoms with Gasteiger partial charge < -0.3 is 14.7 Å².